The lowest BCUT2D eigenvalue weighted by Gasteiger charge is -2.10. The quantitative estimate of drug-likeness (QED) is 0.620. The molecule has 0 bridgehead atoms. The van der Waals surface area contributed by atoms with Crippen molar-refractivity contribution >= 4 is 17.1 Å². The molecule has 0 heterocycles. The molecular weight excluding hydrogens is 302 g/mol. The Bertz CT molecular complexity index is 733. The maximum atomic E-state index is 11.1. The minimum atomic E-state index is -0.661. The largest absolute Gasteiger partial charge is 0.496 e. The van der Waals surface area contributed by atoms with Gasteiger partial charge in [0, 0.05) is 12.6 Å². The lowest BCUT2D eigenvalue weighted by atomic mass is 10.1. The van der Waals surface area contributed by atoms with E-state index in [1.165, 1.54) is 12.1 Å². The van der Waals surface area contributed by atoms with Gasteiger partial charge in [-0.15, -0.1) is 0 Å². The summed E-state index contributed by atoms with van der Waals surface area (Å²) in [4.78, 5) is 20.5. The molecule has 0 fully saturated rings. The number of nitrogens with zero attached hydrogens (tertiary/aromatic N) is 2. The molecule has 23 heavy (non-hydrogen) atoms. The molecule has 2 aromatic carbocycles. The molecule has 0 saturated carbocycles. The Morgan fingerprint density at radius 1 is 1.09 bits per heavy atom. The molecule has 0 saturated heterocycles. The first-order valence-electron chi connectivity index (χ1n) is 6.81. The van der Waals surface area contributed by atoms with Crippen LogP contribution in [-0.4, -0.2) is 23.5 Å². The van der Waals surface area contributed by atoms with Gasteiger partial charge in [0.2, 0.25) is 0 Å². The van der Waals surface area contributed by atoms with Crippen LogP contribution in [0.25, 0.3) is 0 Å². The Balaban J connectivity index is 2.11. The highest BCUT2D eigenvalue weighted by Gasteiger charge is 2.19. The van der Waals surface area contributed by atoms with Gasteiger partial charge in [-0.25, -0.2) is 0 Å². The lowest BCUT2D eigenvalue weighted by molar-refractivity contribution is -0.393. The Morgan fingerprint density at radius 2 is 1.83 bits per heavy atom. The average Bonchev–Trinajstić information content (AvgIpc) is 2.55. The van der Waals surface area contributed by atoms with Crippen LogP contribution in [0.15, 0.2) is 42.5 Å². The van der Waals surface area contributed by atoms with Crippen molar-refractivity contribution in [3.05, 3.63) is 68.3 Å². The van der Waals surface area contributed by atoms with Crippen molar-refractivity contribution in [1.29, 1.82) is 0 Å². The number of nitrogens with one attached hydrogen (secondary N) is 1. The van der Waals surface area contributed by atoms with Crippen LogP contribution >= 0.6 is 0 Å². The van der Waals surface area contributed by atoms with Gasteiger partial charge in [0.25, 0.3) is 11.4 Å². The topological polar surface area (TPSA) is 108 Å². The first-order chi connectivity index (χ1) is 11.0. The Kier molecular flexibility index (Phi) is 5.08. The maximum absolute atomic E-state index is 11.1. The highest BCUT2D eigenvalue weighted by atomic mass is 16.6. The number of benzene rings is 2. The second-order valence-electron chi connectivity index (χ2n) is 4.70. The van der Waals surface area contributed by atoms with E-state index in [0.29, 0.717) is 13.0 Å². The van der Waals surface area contributed by atoms with Crippen molar-refractivity contribution in [2.24, 2.45) is 0 Å². The Morgan fingerprint density at radius 3 is 2.48 bits per heavy atom. The number of ether oxygens (including phenoxy) is 1. The number of hydrogen-bond acceptors (Lipinski definition) is 6. The molecule has 2 rings (SSSR count). The molecule has 0 aromatic heterocycles. The average molecular weight is 317 g/mol. The van der Waals surface area contributed by atoms with E-state index in [1.807, 2.05) is 24.3 Å². The van der Waals surface area contributed by atoms with E-state index in [4.69, 9.17) is 4.74 Å². The van der Waals surface area contributed by atoms with Crippen LogP contribution in [0.2, 0.25) is 0 Å². The summed E-state index contributed by atoms with van der Waals surface area (Å²) >= 11 is 0. The summed E-state index contributed by atoms with van der Waals surface area (Å²) in [6.45, 7) is 0.430. The molecule has 0 spiro atoms. The Labute approximate surface area is 132 Å². The minimum Gasteiger partial charge on any atom is -0.496 e. The van der Waals surface area contributed by atoms with Crippen molar-refractivity contribution in [3.63, 3.8) is 0 Å². The van der Waals surface area contributed by atoms with Crippen LogP contribution in [0, 0.1) is 20.2 Å². The van der Waals surface area contributed by atoms with Gasteiger partial charge in [0.05, 0.1) is 23.0 Å². The maximum Gasteiger partial charge on any atom is 0.299 e. The smallest absolute Gasteiger partial charge is 0.299 e. The molecule has 0 unspecified atom stereocenters. The summed E-state index contributed by atoms with van der Waals surface area (Å²) in [5.74, 6) is 0.743. The second kappa shape index (κ2) is 7.21. The molecule has 0 atom stereocenters. The van der Waals surface area contributed by atoms with Gasteiger partial charge >= 0.3 is 0 Å². The van der Waals surface area contributed by atoms with E-state index in [1.54, 1.807) is 7.11 Å². The van der Waals surface area contributed by atoms with Crippen molar-refractivity contribution in [2.75, 3.05) is 19.0 Å². The van der Waals surface area contributed by atoms with Crippen molar-refractivity contribution in [1.82, 2.24) is 0 Å². The summed E-state index contributed by atoms with van der Waals surface area (Å²) < 4.78 is 5.24. The van der Waals surface area contributed by atoms with Crippen molar-refractivity contribution in [2.45, 2.75) is 6.42 Å². The third-order valence-corrected chi connectivity index (χ3v) is 3.29. The van der Waals surface area contributed by atoms with E-state index in [9.17, 15) is 20.2 Å². The van der Waals surface area contributed by atoms with Crippen LogP contribution in [0.4, 0.5) is 17.1 Å². The second-order valence-corrected chi connectivity index (χ2v) is 4.70. The first-order valence-corrected chi connectivity index (χ1v) is 6.81. The Hall–Kier alpha value is -3.16. The highest BCUT2D eigenvalue weighted by Crippen LogP contribution is 2.29. The predicted molar refractivity (Wildman–Crippen MR) is 84.9 cm³/mol. The number of non-ortho nitro benzene ring substituents is 1. The van der Waals surface area contributed by atoms with Gasteiger partial charge in [-0.05, 0) is 24.1 Å². The molecule has 1 N–H and O–H groups in total. The summed E-state index contributed by atoms with van der Waals surface area (Å²) in [5, 5.41) is 24.7. The minimum absolute atomic E-state index is 0.246. The van der Waals surface area contributed by atoms with E-state index in [-0.39, 0.29) is 17.1 Å². The van der Waals surface area contributed by atoms with Crippen molar-refractivity contribution < 1.29 is 14.6 Å². The van der Waals surface area contributed by atoms with Gasteiger partial charge in [-0.3, -0.25) is 20.2 Å². The van der Waals surface area contributed by atoms with E-state index in [2.05, 4.69) is 5.32 Å². The third kappa shape index (κ3) is 3.94. The fraction of sp³-hybridized carbons (Fsp3) is 0.200. The van der Waals surface area contributed by atoms with Gasteiger partial charge < -0.3 is 10.1 Å². The molecule has 8 heteroatoms. The molecule has 8 nitrogen and oxygen atoms in total. The molecule has 2 aromatic rings. The molecule has 0 aliphatic heterocycles. The van der Waals surface area contributed by atoms with Crippen LogP contribution in [0.3, 0.4) is 0 Å². The van der Waals surface area contributed by atoms with Crippen molar-refractivity contribution in [3.8, 4) is 5.75 Å². The number of nitro groups is 2. The zero-order valence-corrected chi connectivity index (χ0v) is 12.4. The normalized spacial score (nSPS) is 10.1. The summed E-state index contributed by atoms with van der Waals surface area (Å²) in [6.07, 6.45) is 0.595. The highest BCUT2D eigenvalue weighted by molar-refractivity contribution is 5.65. The third-order valence-electron chi connectivity index (χ3n) is 3.29. The predicted octanol–water partition coefficient (Wildman–Crippen LogP) is 3.17. The molecular formula is C15H15N3O5. The van der Waals surface area contributed by atoms with Gasteiger partial charge in [0.15, 0.2) is 0 Å². The van der Waals surface area contributed by atoms with Crippen LogP contribution in [0.1, 0.15) is 5.56 Å². The zero-order valence-electron chi connectivity index (χ0n) is 12.4. The van der Waals surface area contributed by atoms with E-state index < -0.39 is 9.85 Å². The number of hydrogen-bond donors (Lipinski definition) is 1. The van der Waals surface area contributed by atoms with E-state index >= 15 is 0 Å². The van der Waals surface area contributed by atoms with Crippen LogP contribution < -0.4 is 10.1 Å². The molecule has 0 aliphatic rings. The van der Waals surface area contributed by atoms with E-state index in [0.717, 1.165) is 17.4 Å². The number of methoxy groups -OCH3 is 1. The number of rotatable bonds is 7. The van der Waals surface area contributed by atoms with Gasteiger partial charge in [-0.2, -0.15) is 0 Å². The summed E-state index contributed by atoms with van der Waals surface area (Å²) in [6, 6.07) is 11.0. The number of nitro benzene ring substituents is 2. The molecule has 0 aliphatic carbocycles. The molecule has 0 radical (unpaired) electrons. The number of anilines is 1. The first kappa shape index (κ1) is 16.2. The summed E-state index contributed by atoms with van der Waals surface area (Å²) in [7, 11) is 1.58. The van der Waals surface area contributed by atoms with Crippen LogP contribution in [-0.2, 0) is 6.42 Å². The zero-order chi connectivity index (χ0) is 16.8. The fourth-order valence-electron chi connectivity index (χ4n) is 2.18. The summed E-state index contributed by atoms with van der Waals surface area (Å²) in [5.41, 5.74) is 0.578. The molecule has 120 valence electrons. The standard InChI is InChI=1S/C15H15N3O5/c1-23-15-5-3-2-4-11(15)8-9-16-13-7-6-12(17(19)20)10-14(13)18(21)22/h2-7,10,16H,8-9H2,1H3. The lowest BCUT2D eigenvalue weighted by Crippen LogP contribution is -2.08. The fourth-order valence-corrected chi connectivity index (χ4v) is 2.18. The SMILES string of the molecule is COc1ccccc1CCNc1ccc([N+](=O)[O-])cc1[N+](=O)[O-]. The monoisotopic (exact) mass is 317 g/mol. The van der Waals surface area contributed by atoms with Gasteiger partial charge in [-0.1, -0.05) is 18.2 Å². The van der Waals surface area contributed by atoms with Crippen LogP contribution in [0.5, 0.6) is 5.75 Å². The number of para-hydroxylation sites is 1. The van der Waals surface area contributed by atoms with Gasteiger partial charge in [0.1, 0.15) is 11.4 Å². The molecule has 0 amide bonds.